The summed E-state index contributed by atoms with van der Waals surface area (Å²) < 4.78 is 5.26. The fraction of sp³-hybridized carbons (Fsp3) is 0.429. The van der Waals surface area contributed by atoms with E-state index in [0.29, 0.717) is 18.6 Å². The Morgan fingerprint density at radius 2 is 2.06 bits per heavy atom. The van der Waals surface area contributed by atoms with Crippen molar-refractivity contribution in [1.82, 2.24) is 0 Å². The van der Waals surface area contributed by atoms with Crippen LogP contribution in [0.25, 0.3) is 0 Å². The number of hydrogen-bond donors (Lipinski definition) is 0. The second-order valence-corrected chi connectivity index (χ2v) is 4.78. The Balaban J connectivity index is 1.90. The van der Waals surface area contributed by atoms with E-state index in [9.17, 15) is 4.79 Å². The molecule has 0 aliphatic heterocycles. The zero-order valence-electron chi connectivity index (χ0n) is 9.90. The first-order chi connectivity index (χ1) is 8.15. The lowest BCUT2D eigenvalue weighted by atomic mass is 10.1. The Morgan fingerprint density at radius 1 is 1.41 bits per heavy atom. The van der Waals surface area contributed by atoms with Gasteiger partial charge in [0.15, 0.2) is 0 Å². The number of aryl methyl sites for hydroxylation is 1. The summed E-state index contributed by atoms with van der Waals surface area (Å²) in [6.45, 7) is 2.34. The number of benzene rings is 1. The predicted molar refractivity (Wildman–Crippen MR) is 63.4 cm³/mol. The maximum Gasteiger partial charge on any atom is 0.338 e. The number of nitrogens with zero attached hydrogens (tertiary/aromatic N) is 1. The fourth-order valence-electron chi connectivity index (χ4n) is 1.71. The Kier molecular flexibility index (Phi) is 3.14. The summed E-state index contributed by atoms with van der Waals surface area (Å²) in [6.07, 6.45) is 2.46. The molecule has 2 rings (SSSR count). The predicted octanol–water partition coefficient (Wildman–Crippen LogP) is 2.85. The van der Waals surface area contributed by atoms with Gasteiger partial charge in [0, 0.05) is 11.8 Å². The van der Waals surface area contributed by atoms with Crippen molar-refractivity contribution in [2.24, 2.45) is 5.41 Å². The molecule has 0 saturated heterocycles. The number of rotatable bonds is 4. The Bertz CT molecular complexity index is 452. The van der Waals surface area contributed by atoms with E-state index in [2.05, 4.69) is 6.07 Å². The number of carbonyl (C=O) groups excluding carboxylic acids is 1. The van der Waals surface area contributed by atoms with Crippen molar-refractivity contribution in [2.75, 3.05) is 6.61 Å². The monoisotopic (exact) mass is 229 g/mol. The maximum atomic E-state index is 11.7. The Hall–Kier alpha value is -1.82. The molecule has 3 heteroatoms. The molecule has 17 heavy (non-hydrogen) atoms. The molecule has 0 bridgehead atoms. The van der Waals surface area contributed by atoms with Crippen LogP contribution in [0, 0.1) is 23.7 Å². The quantitative estimate of drug-likeness (QED) is 0.746. The lowest BCUT2D eigenvalue weighted by Gasteiger charge is -2.11. The summed E-state index contributed by atoms with van der Waals surface area (Å²) in [5.41, 5.74) is 1.64. The van der Waals surface area contributed by atoms with Gasteiger partial charge in [-0.1, -0.05) is 17.7 Å². The second kappa shape index (κ2) is 4.58. The fourth-order valence-corrected chi connectivity index (χ4v) is 1.71. The van der Waals surface area contributed by atoms with Gasteiger partial charge in [-0.3, -0.25) is 0 Å². The topological polar surface area (TPSA) is 50.1 Å². The lowest BCUT2D eigenvalue weighted by molar-refractivity contribution is 0.0419. The van der Waals surface area contributed by atoms with Gasteiger partial charge in [-0.15, -0.1) is 0 Å². The molecular weight excluding hydrogens is 214 g/mol. The van der Waals surface area contributed by atoms with Crippen LogP contribution in [0.5, 0.6) is 0 Å². The Morgan fingerprint density at radius 3 is 2.59 bits per heavy atom. The van der Waals surface area contributed by atoms with Crippen LogP contribution in [0.3, 0.4) is 0 Å². The van der Waals surface area contributed by atoms with Gasteiger partial charge in [0.2, 0.25) is 0 Å². The van der Waals surface area contributed by atoms with Crippen molar-refractivity contribution in [3.8, 4) is 6.07 Å². The minimum atomic E-state index is -0.297. The molecule has 0 aromatic heterocycles. The summed E-state index contributed by atoms with van der Waals surface area (Å²) in [4.78, 5) is 11.7. The van der Waals surface area contributed by atoms with E-state index >= 15 is 0 Å². The van der Waals surface area contributed by atoms with E-state index in [-0.39, 0.29) is 11.4 Å². The number of esters is 1. The third-order valence-corrected chi connectivity index (χ3v) is 3.21. The van der Waals surface area contributed by atoms with Gasteiger partial charge < -0.3 is 4.74 Å². The summed E-state index contributed by atoms with van der Waals surface area (Å²) in [5, 5.41) is 8.66. The van der Waals surface area contributed by atoms with Gasteiger partial charge in [-0.05, 0) is 31.9 Å². The van der Waals surface area contributed by atoms with Crippen molar-refractivity contribution < 1.29 is 9.53 Å². The van der Waals surface area contributed by atoms with Crippen LogP contribution >= 0.6 is 0 Å². The van der Waals surface area contributed by atoms with Crippen molar-refractivity contribution in [1.29, 1.82) is 5.26 Å². The lowest BCUT2D eigenvalue weighted by Crippen LogP contribution is -2.14. The summed E-state index contributed by atoms with van der Waals surface area (Å²) in [6, 6.07) is 9.46. The van der Waals surface area contributed by atoms with Crippen LogP contribution in [0.2, 0.25) is 0 Å². The summed E-state index contributed by atoms with van der Waals surface area (Å²) in [7, 11) is 0. The summed E-state index contributed by atoms with van der Waals surface area (Å²) >= 11 is 0. The molecule has 88 valence electrons. The summed E-state index contributed by atoms with van der Waals surface area (Å²) in [5.74, 6) is -0.297. The highest BCUT2D eigenvalue weighted by Gasteiger charge is 2.43. The largest absolute Gasteiger partial charge is 0.461 e. The molecule has 1 saturated carbocycles. The molecule has 0 heterocycles. The van der Waals surface area contributed by atoms with Crippen molar-refractivity contribution >= 4 is 5.97 Å². The van der Waals surface area contributed by atoms with Crippen molar-refractivity contribution in [3.05, 3.63) is 35.4 Å². The molecule has 0 N–H and O–H groups in total. The first-order valence-corrected chi connectivity index (χ1v) is 5.76. The van der Waals surface area contributed by atoms with E-state index < -0.39 is 0 Å². The van der Waals surface area contributed by atoms with Gasteiger partial charge in [-0.25, -0.2) is 4.79 Å². The molecular formula is C14H15NO2. The zero-order valence-corrected chi connectivity index (χ0v) is 9.90. The molecule has 0 amide bonds. The smallest absolute Gasteiger partial charge is 0.338 e. The van der Waals surface area contributed by atoms with Gasteiger partial charge in [0.05, 0.1) is 18.2 Å². The molecule has 1 aromatic rings. The standard InChI is InChI=1S/C14H15NO2/c1-11-2-4-12(5-3-11)13(16)17-10-14(6-7-14)8-9-15/h2-5H,6-8,10H2,1H3. The molecule has 0 unspecified atom stereocenters. The zero-order chi connectivity index (χ0) is 12.3. The third-order valence-electron chi connectivity index (χ3n) is 3.21. The van der Waals surface area contributed by atoms with Crippen LogP contribution in [-0.2, 0) is 4.74 Å². The van der Waals surface area contributed by atoms with Crippen LogP contribution in [0.15, 0.2) is 24.3 Å². The van der Waals surface area contributed by atoms with Crippen LogP contribution in [0.1, 0.15) is 35.2 Å². The maximum absolute atomic E-state index is 11.7. The average Bonchev–Trinajstić information content (AvgIpc) is 3.08. The van der Waals surface area contributed by atoms with Crippen molar-refractivity contribution in [3.63, 3.8) is 0 Å². The van der Waals surface area contributed by atoms with Gasteiger partial charge >= 0.3 is 5.97 Å². The molecule has 0 atom stereocenters. The van der Waals surface area contributed by atoms with Crippen LogP contribution < -0.4 is 0 Å². The first-order valence-electron chi connectivity index (χ1n) is 5.76. The molecule has 3 nitrogen and oxygen atoms in total. The minimum Gasteiger partial charge on any atom is -0.461 e. The van der Waals surface area contributed by atoms with Gasteiger partial charge in [-0.2, -0.15) is 5.26 Å². The van der Waals surface area contributed by atoms with Crippen LogP contribution in [0.4, 0.5) is 0 Å². The molecule has 0 radical (unpaired) electrons. The number of ether oxygens (including phenoxy) is 1. The van der Waals surface area contributed by atoms with Crippen LogP contribution in [-0.4, -0.2) is 12.6 Å². The van der Waals surface area contributed by atoms with E-state index in [1.54, 1.807) is 12.1 Å². The van der Waals surface area contributed by atoms with Gasteiger partial charge in [0.1, 0.15) is 0 Å². The normalized spacial score (nSPS) is 16.0. The highest BCUT2D eigenvalue weighted by atomic mass is 16.5. The highest BCUT2D eigenvalue weighted by Crippen LogP contribution is 2.48. The van der Waals surface area contributed by atoms with E-state index in [4.69, 9.17) is 10.00 Å². The van der Waals surface area contributed by atoms with E-state index in [1.165, 1.54) is 0 Å². The second-order valence-electron chi connectivity index (χ2n) is 4.78. The van der Waals surface area contributed by atoms with E-state index in [1.807, 2.05) is 19.1 Å². The number of carbonyl (C=O) groups is 1. The third kappa shape index (κ3) is 2.85. The Labute approximate surface area is 101 Å². The molecule has 1 aliphatic carbocycles. The van der Waals surface area contributed by atoms with Gasteiger partial charge in [0.25, 0.3) is 0 Å². The average molecular weight is 229 g/mol. The molecule has 0 spiro atoms. The number of nitriles is 1. The highest BCUT2D eigenvalue weighted by molar-refractivity contribution is 5.89. The van der Waals surface area contributed by atoms with E-state index in [0.717, 1.165) is 18.4 Å². The van der Waals surface area contributed by atoms with Crippen molar-refractivity contribution in [2.45, 2.75) is 26.2 Å². The SMILES string of the molecule is Cc1ccc(C(=O)OCC2(CC#N)CC2)cc1. The molecule has 1 aromatic carbocycles. The molecule has 1 aliphatic rings. The minimum absolute atomic E-state index is 0.0465. The first kappa shape index (κ1) is 11.7. The number of hydrogen-bond acceptors (Lipinski definition) is 3. The molecule has 1 fully saturated rings.